The van der Waals surface area contributed by atoms with E-state index in [-0.39, 0.29) is 5.82 Å². The Labute approximate surface area is 102 Å². The molecule has 2 rings (SSSR count). The van der Waals surface area contributed by atoms with Crippen molar-refractivity contribution in [2.75, 3.05) is 11.9 Å². The van der Waals surface area contributed by atoms with Gasteiger partial charge in [-0.25, -0.2) is 9.37 Å². The maximum atomic E-state index is 13.3. The van der Waals surface area contributed by atoms with Gasteiger partial charge in [0.2, 0.25) is 0 Å². The van der Waals surface area contributed by atoms with Gasteiger partial charge in [-0.1, -0.05) is 22.9 Å². The number of hydrogen-bond donors (Lipinski definition) is 1. The first-order valence-corrected chi connectivity index (χ1v) is 5.99. The lowest BCUT2D eigenvalue weighted by molar-refractivity contribution is 0.629. The Morgan fingerprint density at radius 3 is 2.94 bits per heavy atom. The van der Waals surface area contributed by atoms with Gasteiger partial charge in [-0.2, -0.15) is 0 Å². The highest BCUT2D eigenvalue weighted by atomic mass is 79.9. The van der Waals surface area contributed by atoms with Crippen LogP contribution in [0.3, 0.4) is 0 Å². The second kappa shape index (κ2) is 4.78. The normalized spacial score (nSPS) is 10.7. The lowest BCUT2D eigenvalue weighted by Crippen LogP contribution is -2.02. The summed E-state index contributed by atoms with van der Waals surface area (Å²) in [5.74, 6) is 0.478. The first-order valence-electron chi connectivity index (χ1n) is 5.20. The molecule has 0 bridgehead atoms. The Hall–Kier alpha value is -1.16. The monoisotopic (exact) mass is 282 g/mol. The van der Waals surface area contributed by atoms with E-state index in [1.165, 1.54) is 12.1 Å². The number of hydrogen-bond acceptors (Lipinski definition) is 2. The molecule has 0 aliphatic heterocycles. The fourth-order valence-electron chi connectivity index (χ4n) is 1.59. The Balaban J connectivity index is 2.57. The van der Waals surface area contributed by atoms with E-state index >= 15 is 0 Å². The van der Waals surface area contributed by atoms with Gasteiger partial charge < -0.3 is 5.32 Å². The molecule has 1 aromatic carbocycles. The Kier molecular flexibility index (Phi) is 3.39. The van der Waals surface area contributed by atoms with Crippen molar-refractivity contribution < 1.29 is 4.39 Å². The van der Waals surface area contributed by atoms with Crippen LogP contribution in [0.15, 0.2) is 28.9 Å². The Bertz CT molecular complexity index is 514. The van der Waals surface area contributed by atoms with Crippen molar-refractivity contribution in [2.45, 2.75) is 13.3 Å². The average molecular weight is 283 g/mol. The maximum absolute atomic E-state index is 13.3. The SMILES string of the molecule is CCCNc1nccc2c(Br)cc(F)cc12. The molecule has 0 fully saturated rings. The van der Waals surface area contributed by atoms with Crippen molar-refractivity contribution in [3.8, 4) is 0 Å². The van der Waals surface area contributed by atoms with Crippen LogP contribution in [0.1, 0.15) is 13.3 Å². The molecule has 2 nitrogen and oxygen atoms in total. The van der Waals surface area contributed by atoms with Crippen molar-refractivity contribution in [1.82, 2.24) is 4.98 Å². The second-order valence-corrected chi connectivity index (χ2v) is 4.42. The van der Waals surface area contributed by atoms with Crippen molar-refractivity contribution in [2.24, 2.45) is 0 Å². The zero-order chi connectivity index (χ0) is 11.5. The van der Waals surface area contributed by atoms with E-state index in [0.29, 0.717) is 0 Å². The van der Waals surface area contributed by atoms with E-state index in [2.05, 4.69) is 33.2 Å². The number of anilines is 1. The fourth-order valence-corrected chi connectivity index (χ4v) is 2.15. The number of pyridine rings is 1. The smallest absolute Gasteiger partial charge is 0.133 e. The largest absolute Gasteiger partial charge is 0.370 e. The van der Waals surface area contributed by atoms with Gasteiger partial charge in [0, 0.05) is 28.0 Å². The number of rotatable bonds is 3. The van der Waals surface area contributed by atoms with Gasteiger partial charge in [0.1, 0.15) is 11.6 Å². The van der Waals surface area contributed by atoms with Crippen LogP contribution in [-0.4, -0.2) is 11.5 Å². The summed E-state index contributed by atoms with van der Waals surface area (Å²) in [6, 6.07) is 4.84. The molecule has 0 radical (unpaired) electrons. The van der Waals surface area contributed by atoms with Gasteiger partial charge in [-0.05, 0) is 24.6 Å². The summed E-state index contributed by atoms with van der Waals surface area (Å²) >= 11 is 3.35. The fraction of sp³-hybridized carbons (Fsp3) is 0.250. The molecule has 1 N–H and O–H groups in total. The number of aromatic nitrogens is 1. The van der Waals surface area contributed by atoms with Gasteiger partial charge >= 0.3 is 0 Å². The van der Waals surface area contributed by atoms with Crippen LogP contribution in [0, 0.1) is 5.82 Å². The highest BCUT2D eigenvalue weighted by Gasteiger charge is 2.06. The lowest BCUT2D eigenvalue weighted by Gasteiger charge is -2.08. The molecule has 0 saturated heterocycles. The molecule has 1 aromatic heterocycles. The third kappa shape index (κ3) is 2.16. The first-order chi connectivity index (χ1) is 7.72. The Morgan fingerprint density at radius 2 is 2.19 bits per heavy atom. The second-order valence-electron chi connectivity index (χ2n) is 3.57. The van der Waals surface area contributed by atoms with Crippen molar-refractivity contribution in [1.29, 1.82) is 0 Å². The number of fused-ring (bicyclic) bond motifs is 1. The molecule has 84 valence electrons. The van der Waals surface area contributed by atoms with Gasteiger partial charge in [0.15, 0.2) is 0 Å². The molecule has 0 saturated carbocycles. The molecular formula is C12H12BrFN2. The number of halogens is 2. The molecule has 0 aliphatic rings. The molecule has 0 atom stereocenters. The molecule has 0 amide bonds. The minimum atomic E-state index is -0.257. The summed E-state index contributed by atoms with van der Waals surface area (Å²) in [7, 11) is 0. The Morgan fingerprint density at radius 1 is 1.38 bits per heavy atom. The summed E-state index contributed by atoms with van der Waals surface area (Å²) in [6.45, 7) is 2.91. The predicted molar refractivity (Wildman–Crippen MR) is 68.2 cm³/mol. The van der Waals surface area contributed by atoms with Crippen LogP contribution < -0.4 is 5.32 Å². The van der Waals surface area contributed by atoms with E-state index < -0.39 is 0 Å². The van der Waals surface area contributed by atoms with Crippen LogP contribution in [-0.2, 0) is 0 Å². The van der Waals surface area contributed by atoms with Crippen LogP contribution in [0.4, 0.5) is 10.2 Å². The van der Waals surface area contributed by atoms with Crippen molar-refractivity contribution >= 4 is 32.5 Å². The van der Waals surface area contributed by atoms with E-state index in [4.69, 9.17) is 0 Å². The maximum Gasteiger partial charge on any atom is 0.133 e. The summed E-state index contributed by atoms with van der Waals surface area (Å²) in [4.78, 5) is 4.23. The van der Waals surface area contributed by atoms with Crippen LogP contribution in [0.5, 0.6) is 0 Å². The zero-order valence-electron chi connectivity index (χ0n) is 8.93. The molecule has 0 unspecified atom stereocenters. The molecule has 0 spiro atoms. The number of benzene rings is 1. The number of nitrogens with one attached hydrogen (secondary N) is 1. The van der Waals surface area contributed by atoms with E-state index in [1.807, 2.05) is 6.07 Å². The lowest BCUT2D eigenvalue weighted by atomic mass is 10.1. The standard InChI is InChI=1S/C12H12BrFN2/c1-2-4-15-12-10-6-8(14)7-11(13)9(10)3-5-16-12/h3,5-7H,2,4H2,1H3,(H,15,16). The predicted octanol–water partition coefficient (Wildman–Crippen LogP) is 3.96. The minimum Gasteiger partial charge on any atom is -0.370 e. The summed E-state index contributed by atoms with van der Waals surface area (Å²) in [5.41, 5.74) is 0. The third-order valence-electron chi connectivity index (χ3n) is 2.34. The third-order valence-corrected chi connectivity index (χ3v) is 2.99. The summed E-state index contributed by atoms with van der Waals surface area (Å²) in [5, 5.41) is 4.97. The van der Waals surface area contributed by atoms with Crippen LogP contribution in [0.25, 0.3) is 10.8 Å². The quantitative estimate of drug-likeness (QED) is 0.922. The highest BCUT2D eigenvalue weighted by molar-refractivity contribution is 9.10. The van der Waals surface area contributed by atoms with Gasteiger partial charge in [-0.15, -0.1) is 0 Å². The topological polar surface area (TPSA) is 24.9 Å². The summed E-state index contributed by atoms with van der Waals surface area (Å²) < 4.78 is 14.1. The van der Waals surface area contributed by atoms with Crippen LogP contribution >= 0.6 is 15.9 Å². The molecule has 0 aliphatic carbocycles. The number of nitrogens with zero attached hydrogens (tertiary/aromatic N) is 1. The first kappa shape index (κ1) is 11.3. The molecule has 16 heavy (non-hydrogen) atoms. The molecule has 1 heterocycles. The van der Waals surface area contributed by atoms with Gasteiger partial charge in [-0.3, -0.25) is 0 Å². The van der Waals surface area contributed by atoms with E-state index in [1.54, 1.807) is 6.20 Å². The van der Waals surface area contributed by atoms with Gasteiger partial charge in [0.25, 0.3) is 0 Å². The molecule has 4 heteroatoms. The molecule has 2 aromatic rings. The molecular weight excluding hydrogens is 271 g/mol. The van der Waals surface area contributed by atoms with E-state index in [0.717, 1.165) is 34.0 Å². The summed E-state index contributed by atoms with van der Waals surface area (Å²) in [6.07, 6.45) is 2.73. The van der Waals surface area contributed by atoms with Crippen molar-refractivity contribution in [3.63, 3.8) is 0 Å². The van der Waals surface area contributed by atoms with Crippen molar-refractivity contribution in [3.05, 3.63) is 34.7 Å². The van der Waals surface area contributed by atoms with E-state index in [9.17, 15) is 4.39 Å². The highest BCUT2D eigenvalue weighted by Crippen LogP contribution is 2.28. The zero-order valence-corrected chi connectivity index (χ0v) is 10.5. The minimum absolute atomic E-state index is 0.257. The van der Waals surface area contributed by atoms with Gasteiger partial charge in [0.05, 0.1) is 0 Å². The average Bonchev–Trinajstić information content (AvgIpc) is 2.26. The van der Waals surface area contributed by atoms with Crippen LogP contribution in [0.2, 0.25) is 0 Å².